The van der Waals surface area contributed by atoms with E-state index in [0.717, 1.165) is 0 Å². The second-order valence-corrected chi connectivity index (χ2v) is 0.283. The van der Waals surface area contributed by atoms with Gasteiger partial charge in [-0.3, -0.25) is 0 Å². The summed E-state index contributed by atoms with van der Waals surface area (Å²) < 4.78 is 0. The number of nitrogens with one attached hydrogen (secondary N) is 1. The van der Waals surface area contributed by atoms with Gasteiger partial charge in [-0.15, -0.1) is 0 Å². The van der Waals surface area contributed by atoms with Crippen molar-refractivity contribution in [2.75, 3.05) is 0 Å². The minimum atomic E-state index is 0. The van der Waals surface area contributed by atoms with E-state index in [1.54, 1.807) is 0 Å². The molecule has 3 heteroatoms. The van der Waals surface area contributed by atoms with E-state index >= 15 is 0 Å². The summed E-state index contributed by atoms with van der Waals surface area (Å²) in [6.45, 7) is 0. The molecule has 0 amide bonds. The van der Waals surface area contributed by atoms with Crippen molar-refractivity contribution in [3.63, 3.8) is 0 Å². The average Bonchev–Trinajstić information content (AvgIpc) is 0.918. The Hall–Kier alpha value is 0.700. The normalized spacial score (nSPS) is 3.25. The van der Waals surface area contributed by atoms with Gasteiger partial charge in [0.25, 0.3) is 0 Å². The molecular weight excluding hydrogens is 258 g/mol. The Labute approximate surface area is 45.4 Å². The van der Waals surface area contributed by atoms with Crippen molar-refractivity contribution in [3.05, 3.63) is 0 Å². The third-order valence-electron chi connectivity index (χ3n) is 0. The molecule has 0 heterocycles. The summed E-state index contributed by atoms with van der Waals surface area (Å²) in [6, 6.07) is 0. The molecule has 1 nitrogen and oxygen atoms in total. The summed E-state index contributed by atoms with van der Waals surface area (Å²) in [4.78, 5) is 0. The van der Waals surface area contributed by atoms with Crippen LogP contribution in [0.5, 0.6) is 0 Å². The van der Waals surface area contributed by atoms with Crippen molar-refractivity contribution in [2.45, 2.75) is 0 Å². The Kier molecular flexibility index (Phi) is 20.6. The van der Waals surface area contributed by atoms with Gasteiger partial charge in [-0.25, -0.2) is 0 Å². The van der Waals surface area contributed by atoms with Gasteiger partial charge in [-0.05, 0) is 0 Å². The predicted octanol–water partition coefficient (Wildman–Crippen LogP) is 0.707. The van der Waals surface area contributed by atoms with Gasteiger partial charge in [-0.1, -0.05) is 0 Å². The Bertz CT molecular complexity index is 15.5. The molecule has 0 saturated carbocycles. The van der Waals surface area contributed by atoms with Gasteiger partial charge in [0.2, 0.25) is 0 Å². The topological polar surface area (TPSA) is 23.9 Å². The molecule has 0 aliphatic heterocycles. The molecular formula is CHAuClN. The van der Waals surface area contributed by atoms with Gasteiger partial charge in [0.05, 0.1) is 0 Å². The zero-order chi connectivity index (χ0) is 2.71. The van der Waals surface area contributed by atoms with Crippen molar-refractivity contribution in [1.82, 2.24) is 0 Å². The Morgan fingerprint density at radius 1 is 1.75 bits per heavy atom. The van der Waals surface area contributed by atoms with Crippen LogP contribution in [0.3, 0.4) is 0 Å². The smallest absolute Gasteiger partial charge is 0.503 e. The molecule has 0 radical (unpaired) electrons. The largest absolute Gasteiger partial charge is 1.00 e. The fourth-order valence-electron chi connectivity index (χ4n) is 0. The van der Waals surface area contributed by atoms with E-state index < -0.39 is 0 Å². The first kappa shape index (κ1) is 8.83. The maximum atomic E-state index is 5.72. The molecule has 28 valence electrons. The molecule has 1 N–H and O–H groups in total. The zero-order valence-corrected chi connectivity index (χ0v) is 4.60. The predicted molar refractivity (Wildman–Crippen MR) is 13.6 cm³/mol. The molecule has 0 atom stereocenters. The van der Waals surface area contributed by atoms with E-state index in [1.165, 1.54) is 5.67 Å². The van der Waals surface area contributed by atoms with E-state index in [4.69, 9.17) is 5.41 Å². The van der Waals surface area contributed by atoms with Gasteiger partial charge in [0, 0.05) is 0 Å². The summed E-state index contributed by atoms with van der Waals surface area (Å²) in [5, 5.41) is 5.72. The van der Waals surface area contributed by atoms with Crippen LogP contribution in [0.25, 0.3) is 0 Å². The Morgan fingerprint density at radius 2 is 1.75 bits per heavy atom. The Morgan fingerprint density at radius 3 is 1.75 bits per heavy atom. The molecule has 4 heavy (non-hydrogen) atoms. The molecule has 0 aromatic rings. The number of hydrogen-bond acceptors (Lipinski definition) is 1. The van der Waals surface area contributed by atoms with Gasteiger partial charge in [-0.2, -0.15) is 0 Å². The summed E-state index contributed by atoms with van der Waals surface area (Å²) in [5.41, 5.74) is 1.47. The van der Waals surface area contributed by atoms with Crippen molar-refractivity contribution < 1.29 is 22.4 Å². The molecule has 0 fully saturated rings. The van der Waals surface area contributed by atoms with Crippen LogP contribution in [0.2, 0.25) is 0 Å². The summed E-state index contributed by atoms with van der Waals surface area (Å²) >= 11 is 4.42. The fourth-order valence-corrected chi connectivity index (χ4v) is 0. The van der Waals surface area contributed by atoms with E-state index in [0.29, 0.717) is 0 Å². The molecule has 0 aromatic heterocycles. The van der Waals surface area contributed by atoms with Gasteiger partial charge < -0.3 is 22.7 Å². The summed E-state index contributed by atoms with van der Waals surface area (Å²) in [5.74, 6) is 0. The van der Waals surface area contributed by atoms with Gasteiger partial charge >= 0.3 is 22.4 Å². The van der Waals surface area contributed by atoms with Crippen LogP contribution in [0.1, 0.15) is 0 Å². The second-order valence-electron chi connectivity index (χ2n) is 0.0945. The monoisotopic (exact) mass is 259 g/mol. The SMILES string of the molecule is N=[C-]Cl.[Au+]. The molecule has 0 spiro atoms. The van der Waals surface area contributed by atoms with E-state index in [-0.39, 0.29) is 22.4 Å². The minimum Gasteiger partial charge on any atom is -0.503 e. The average molecular weight is 259 g/mol. The quantitative estimate of drug-likeness (QED) is 0.376. The van der Waals surface area contributed by atoms with Crippen LogP contribution in [0.15, 0.2) is 0 Å². The molecule has 0 aliphatic carbocycles. The Balaban J connectivity index is 0. The third-order valence-corrected chi connectivity index (χ3v) is 0. The van der Waals surface area contributed by atoms with Crippen LogP contribution >= 0.6 is 11.6 Å². The molecule has 0 aliphatic rings. The maximum absolute atomic E-state index is 5.72. The van der Waals surface area contributed by atoms with E-state index in [2.05, 4.69) is 11.6 Å². The van der Waals surface area contributed by atoms with Crippen molar-refractivity contribution in [3.8, 4) is 0 Å². The van der Waals surface area contributed by atoms with Crippen LogP contribution in [-0.2, 0) is 22.4 Å². The maximum Gasteiger partial charge on any atom is 1.00 e. The first-order valence-electron chi connectivity index (χ1n) is 0.439. The summed E-state index contributed by atoms with van der Waals surface area (Å²) in [7, 11) is 0. The van der Waals surface area contributed by atoms with Crippen molar-refractivity contribution in [1.29, 1.82) is 5.41 Å². The third kappa shape index (κ3) is 15.9. The van der Waals surface area contributed by atoms with Crippen LogP contribution < -0.4 is 0 Å². The van der Waals surface area contributed by atoms with E-state index in [9.17, 15) is 0 Å². The minimum absolute atomic E-state index is 0. The van der Waals surface area contributed by atoms with Crippen LogP contribution in [0, 0.1) is 5.41 Å². The summed E-state index contributed by atoms with van der Waals surface area (Å²) in [6.07, 6.45) is 0. The molecule has 0 aromatic carbocycles. The molecule has 0 rings (SSSR count). The van der Waals surface area contributed by atoms with E-state index in [1.807, 2.05) is 0 Å². The van der Waals surface area contributed by atoms with Crippen LogP contribution in [0.4, 0.5) is 0 Å². The van der Waals surface area contributed by atoms with Crippen molar-refractivity contribution in [2.24, 2.45) is 0 Å². The van der Waals surface area contributed by atoms with Crippen molar-refractivity contribution >= 4 is 17.3 Å². The number of rotatable bonds is 0. The second kappa shape index (κ2) is 9.33. The number of hydrogen-bond donors (Lipinski definition) is 1. The standard InChI is InChI=1S/CHClN.Au/c2-1-3;/h3H;/q-1;+1. The fraction of sp³-hybridized carbons (Fsp3) is 0. The first-order chi connectivity index (χ1) is 1.41. The van der Waals surface area contributed by atoms with Gasteiger partial charge in [0.15, 0.2) is 0 Å². The molecule has 0 bridgehead atoms. The first-order valence-corrected chi connectivity index (χ1v) is 0.817. The molecule has 0 unspecified atom stereocenters. The number of halogens is 1. The van der Waals surface area contributed by atoms with Crippen LogP contribution in [-0.4, -0.2) is 5.67 Å². The molecule has 0 saturated heterocycles. The van der Waals surface area contributed by atoms with Gasteiger partial charge in [0.1, 0.15) is 0 Å². The zero-order valence-electron chi connectivity index (χ0n) is 1.68.